The summed E-state index contributed by atoms with van der Waals surface area (Å²) in [6, 6.07) is 35.7. The molecule has 6 aromatic rings. The molecule has 5 aromatic carbocycles. The predicted molar refractivity (Wildman–Crippen MR) is 226 cm³/mol. The van der Waals surface area contributed by atoms with E-state index in [9.17, 15) is 0 Å². The van der Waals surface area contributed by atoms with Gasteiger partial charge in [-0.3, -0.25) is 0 Å². The minimum atomic E-state index is 0.00244. The fourth-order valence-electron chi connectivity index (χ4n) is 7.58. The number of aryl methyl sites for hydroxylation is 2. The molecule has 272 valence electrons. The number of nitrogen functional groups attached to an aromatic ring is 2. The quantitative estimate of drug-likeness (QED) is 0.0411. The second kappa shape index (κ2) is 15.4. The highest BCUT2D eigenvalue weighted by Crippen LogP contribution is 2.43. The van der Waals surface area contributed by atoms with Gasteiger partial charge in [0.05, 0.1) is 23.1 Å². The van der Waals surface area contributed by atoms with Crippen molar-refractivity contribution in [1.82, 2.24) is 10.3 Å². The van der Waals surface area contributed by atoms with Crippen molar-refractivity contribution in [2.75, 3.05) is 34.8 Å². The summed E-state index contributed by atoms with van der Waals surface area (Å²) >= 11 is 0. The average Bonchev–Trinajstić information content (AvgIpc) is 3.18. The van der Waals surface area contributed by atoms with Gasteiger partial charge in [0, 0.05) is 65.8 Å². The Morgan fingerprint density at radius 3 is 2.11 bits per heavy atom. The molecule has 0 amide bonds. The zero-order chi connectivity index (χ0) is 37.0. The van der Waals surface area contributed by atoms with E-state index in [1.54, 1.807) is 0 Å². The standard InChI is InChI=1S/C46H48N8/c1-31-25-41-45(29-37(31)47)53(35-15-9-7-10-16-35)43-27-33(19-21-39(43)51-41)49-23-13-5-3-4-6-14-24-50-34-20-22-40-44(28-34)54(36-17-11-8-12-18-36)46-30-38(48)32(2)26-42(46)52-40/h7-12,15-22,25-30,43,49H,3-6,13-14,23-24,47H2,1-2H3,(H2,48,50)/p+1. The zero-order valence-electron chi connectivity index (χ0n) is 31.2. The first-order valence-corrected chi connectivity index (χ1v) is 19.2. The molecule has 8 rings (SSSR count). The molecule has 0 spiro atoms. The fourth-order valence-corrected chi connectivity index (χ4v) is 7.58. The predicted octanol–water partition coefficient (Wildman–Crippen LogP) is 9.53. The Bertz CT molecular complexity index is 2400. The number of fused-ring (bicyclic) bond motifs is 4. The molecule has 0 saturated carbocycles. The van der Waals surface area contributed by atoms with Crippen molar-refractivity contribution in [2.45, 2.75) is 58.4 Å². The van der Waals surface area contributed by atoms with Crippen molar-refractivity contribution in [1.29, 1.82) is 0 Å². The number of unbranched alkanes of at least 4 members (excludes halogenated alkanes) is 5. The molecule has 1 aliphatic heterocycles. The van der Waals surface area contributed by atoms with Gasteiger partial charge in [0.1, 0.15) is 11.0 Å². The summed E-state index contributed by atoms with van der Waals surface area (Å²) < 4.78 is 2.27. The molecule has 1 aliphatic carbocycles. The van der Waals surface area contributed by atoms with Crippen LogP contribution in [0.2, 0.25) is 0 Å². The van der Waals surface area contributed by atoms with Gasteiger partial charge in [-0.15, -0.1) is 4.57 Å². The van der Waals surface area contributed by atoms with Crippen molar-refractivity contribution in [2.24, 2.45) is 4.99 Å². The lowest BCUT2D eigenvalue weighted by molar-refractivity contribution is -0.538. The molecular formula is C46H49N8+. The zero-order valence-corrected chi connectivity index (χ0v) is 31.2. The van der Waals surface area contributed by atoms with Gasteiger partial charge in [-0.25, -0.2) is 9.98 Å². The van der Waals surface area contributed by atoms with Gasteiger partial charge in [-0.05, 0) is 98.5 Å². The van der Waals surface area contributed by atoms with Crippen LogP contribution in [-0.2, 0) is 0 Å². The van der Waals surface area contributed by atoms with E-state index >= 15 is 0 Å². The van der Waals surface area contributed by atoms with E-state index in [2.05, 4.69) is 129 Å². The van der Waals surface area contributed by atoms with Gasteiger partial charge in [-0.1, -0.05) is 62.1 Å². The topological polar surface area (TPSA) is 108 Å². The summed E-state index contributed by atoms with van der Waals surface area (Å²) in [5.41, 5.74) is 27.8. The van der Waals surface area contributed by atoms with E-state index in [1.807, 2.05) is 26.0 Å². The normalized spacial score (nSPS) is 14.8. The molecule has 0 saturated heterocycles. The molecule has 1 atom stereocenters. The number of nitrogens with one attached hydrogen (secondary N) is 2. The molecule has 8 heteroatoms. The molecule has 1 unspecified atom stereocenters. The van der Waals surface area contributed by atoms with E-state index in [-0.39, 0.29) is 6.04 Å². The third-order valence-corrected chi connectivity index (χ3v) is 10.6. The van der Waals surface area contributed by atoms with E-state index < -0.39 is 0 Å². The first-order valence-electron chi connectivity index (χ1n) is 19.2. The van der Waals surface area contributed by atoms with Crippen LogP contribution >= 0.6 is 0 Å². The maximum Gasteiger partial charge on any atom is 0.239 e. The number of hydrogen-bond acceptors (Lipinski definition) is 7. The summed E-state index contributed by atoms with van der Waals surface area (Å²) in [6.45, 7) is 5.96. The third kappa shape index (κ3) is 7.24. The van der Waals surface area contributed by atoms with Gasteiger partial charge >= 0.3 is 0 Å². The Hall–Kier alpha value is -6.15. The number of benzene rings is 5. The third-order valence-electron chi connectivity index (χ3n) is 10.6. The lowest BCUT2D eigenvalue weighted by Gasteiger charge is -2.38. The number of nitrogens with two attached hydrogens (primary N) is 2. The van der Waals surface area contributed by atoms with Crippen LogP contribution in [0.1, 0.15) is 49.7 Å². The smallest absolute Gasteiger partial charge is 0.239 e. The number of allylic oxidation sites excluding steroid dienone is 1. The summed E-state index contributed by atoms with van der Waals surface area (Å²) in [5.74, 6) is 0. The summed E-state index contributed by atoms with van der Waals surface area (Å²) in [5, 5.41) is 7.36. The molecular weight excluding hydrogens is 665 g/mol. The second-order valence-electron chi connectivity index (χ2n) is 14.5. The Kier molecular flexibility index (Phi) is 9.99. The van der Waals surface area contributed by atoms with Crippen molar-refractivity contribution < 1.29 is 4.57 Å². The lowest BCUT2D eigenvalue weighted by Crippen LogP contribution is -2.40. The first-order chi connectivity index (χ1) is 26.4. The van der Waals surface area contributed by atoms with Gasteiger partial charge in [0.15, 0.2) is 0 Å². The maximum atomic E-state index is 6.38. The first kappa shape index (κ1) is 34.9. The maximum absolute atomic E-state index is 6.38. The van der Waals surface area contributed by atoms with E-state index in [1.165, 1.54) is 25.7 Å². The molecule has 54 heavy (non-hydrogen) atoms. The van der Waals surface area contributed by atoms with Gasteiger partial charge in [0.25, 0.3) is 0 Å². The molecule has 2 aliphatic rings. The molecule has 2 heterocycles. The number of aliphatic imine (C=N–C) groups is 1. The van der Waals surface area contributed by atoms with Crippen molar-refractivity contribution in [3.63, 3.8) is 0 Å². The highest BCUT2D eigenvalue weighted by molar-refractivity contribution is 6.10. The van der Waals surface area contributed by atoms with Crippen molar-refractivity contribution >= 4 is 61.9 Å². The van der Waals surface area contributed by atoms with Crippen molar-refractivity contribution in [3.8, 4) is 5.69 Å². The number of hydrogen-bond donors (Lipinski definition) is 4. The van der Waals surface area contributed by atoms with Gasteiger partial charge in [-0.2, -0.15) is 0 Å². The van der Waals surface area contributed by atoms with Crippen molar-refractivity contribution in [3.05, 3.63) is 138 Å². The molecule has 8 nitrogen and oxygen atoms in total. The lowest BCUT2D eigenvalue weighted by atomic mass is 9.97. The SMILES string of the molecule is Cc1cc2c(cc1N)N(c1ccccc1)C1C=C(NCCCCCCCCNc3ccc4nc5cc(C)c(N)cc5[n+](-c5ccccc5)c4c3)C=CC1=N2. The summed E-state index contributed by atoms with van der Waals surface area (Å²) in [7, 11) is 0. The van der Waals surface area contributed by atoms with Crippen LogP contribution in [0.4, 0.5) is 34.1 Å². The Morgan fingerprint density at radius 2 is 1.33 bits per heavy atom. The second-order valence-corrected chi connectivity index (χ2v) is 14.5. The number of aromatic nitrogens is 2. The van der Waals surface area contributed by atoms with Gasteiger partial charge < -0.3 is 27.0 Å². The van der Waals surface area contributed by atoms with E-state index in [0.717, 1.165) is 110 Å². The van der Waals surface area contributed by atoms with E-state index in [0.29, 0.717) is 0 Å². The molecule has 6 N–H and O–H groups in total. The molecule has 0 fully saturated rings. The average molecular weight is 714 g/mol. The minimum absolute atomic E-state index is 0.00244. The van der Waals surface area contributed by atoms with Crippen LogP contribution in [0.3, 0.4) is 0 Å². The van der Waals surface area contributed by atoms with Crippen LogP contribution in [0.25, 0.3) is 27.8 Å². The number of anilines is 5. The number of rotatable bonds is 13. The number of nitrogens with zero attached hydrogens (tertiary/aromatic N) is 4. The van der Waals surface area contributed by atoms with Crippen LogP contribution in [0.15, 0.2) is 132 Å². The molecule has 0 bridgehead atoms. The highest BCUT2D eigenvalue weighted by atomic mass is 15.2. The van der Waals surface area contributed by atoms with Crippen LogP contribution < -0.4 is 31.6 Å². The highest BCUT2D eigenvalue weighted by Gasteiger charge is 2.31. The van der Waals surface area contributed by atoms with E-state index in [4.69, 9.17) is 21.4 Å². The summed E-state index contributed by atoms with van der Waals surface area (Å²) in [4.78, 5) is 12.4. The molecule has 1 aromatic heterocycles. The Balaban J connectivity index is 0.818. The minimum Gasteiger partial charge on any atom is -0.398 e. The monoisotopic (exact) mass is 713 g/mol. The van der Waals surface area contributed by atoms with Crippen LogP contribution in [0.5, 0.6) is 0 Å². The summed E-state index contributed by atoms with van der Waals surface area (Å²) in [6.07, 6.45) is 13.8. The Morgan fingerprint density at radius 1 is 0.667 bits per heavy atom. The molecule has 0 radical (unpaired) electrons. The Labute approximate surface area is 317 Å². The van der Waals surface area contributed by atoms with Gasteiger partial charge in [0.2, 0.25) is 16.7 Å². The van der Waals surface area contributed by atoms with Crippen LogP contribution in [-0.4, -0.2) is 29.8 Å². The number of para-hydroxylation sites is 2. The fraction of sp³-hybridized carbons (Fsp3) is 0.239. The largest absolute Gasteiger partial charge is 0.398 e. The van der Waals surface area contributed by atoms with Crippen LogP contribution in [0, 0.1) is 13.8 Å².